The van der Waals surface area contributed by atoms with Crippen molar-refractivity contribution in [2.24, 2.45) is 0 Å². The lowest BCUT2D eigenvalue weighted by atomic mass is 10.1. The average molecular weight is 253 g/mol. The first kappa shape index (κ1) is 10.9. The van der Waals surface area contributed by atoms with E-state index in [1.165, 1.54) is 5.56 Å². The minimum atomic E-state index is -2.95. The third-order valence-corrected chi connectivity index (χ3v) is 5.08. The fourth-order valence-corrected chi connectivity index (χ4v) is 4.22. The van der Waals surface area contributed by atoms with E-state index in [0.717, 1.165) is 17.9 Å². The molecule has 2 aliphatic rings. The minimum Gasteiger partial charge on any atom is -0.485 e. The van der Waals surface area contributed by atoms with Gasteiger partial charge in [0.25, 0.3) is 0 Å². The molecular weight excluding hydrogens is 238 g/mol. The number of sulfone groups is 1. The molecule has 0 aliphatic carbocycles. The Hall–Kier alpha value is -1.23. The molecule has 1 N–H and O–H groups in total. The molecule has 1 aromatic carbocycles. The molecule has 3 rings (SSSR count). The van der Waals surface area contributed by atoms with Gasteiger partial charge in [-0.25, -0.2) is 8.42 Å². The van der Waals surface area contributed by atoms with Crippen LogP contribution in [-0.2, 0) is 16.3 Å². The maximum atomic E-state index is 11.6. The number of hydrogen-bond donors (Lipinski definition) is 1. The zero-order valence-electron chi connectivity index (χ0n) is 9.64. The summed E-state index contributed by atoms with van der Waals surface area (Å²) in [7, 11) is -2.95. The monoisotopic (exact) mass is 253 g/mol. The topological polar surface area (TPSA) is 55.4 Å². The molecule has 2 aliphatic heterocycles. The predicted octanol–water partition coefficient (Wildman–Crippen LogP) is 1.22. The summed E-state index contributed by atoms with van der Waals surface area (Å²) in [4.78, 5) is 0. The van der Waals surface area contributed by atoms with Crippen molar-refractivity contribution in [2.45, 2.75) is 25.5 Å². The van der Waals surface area contributed by atoms with Gasteiger partial charge in [-0.15, -0.1) is 0 Å². The van der Waals surface area contributed by atoms with Gasteiger partial charge in [-0.2, -0.15) is 0 Å². The Balaban J connectivity index is 1.94. The van der Waals surface area contributed by atoms with E-state index in [1.807, 2.05) is 18.2 Å². The van der Waals surface area contributed by atoms with Crippen molar-refractivity contribution in [1.82, 2.24) is 0 Å². The molecule has 0 aromatic heterocycles. The Labute approximate surface area is 101 Å². The van der Waals surface area contributed by atoms with E-state index in [-0.39, 0.29) is 23.7 Å². The van der Waals surface area contributed by atoms with Crippen molar-refractivity contribution in [1.29, 1.82) is 0 Å². The zero-order chi connectivity index (χ0) is 12.0. The standard InChI is InChI=1S/C12H15NO3S/c1-2-8-3-4-11-9(5-8)13-10-6-17(14,15)7-12(10)16-11/h3-5,10,12-13H,2,6-7H2,1H3. The first-order valence-electron chi connectivity index (χ1n) is 5.84. The molecule has 92 valence electrons. The van der Waals surface area contributed by atoms with Gasteiger partial charge in [0.2, 0.25) is 0 Å². The van der Waals surface area contributed by atoms with Gasteiger partial charge in [-0.05, 0) is 24.1 Å². The molecule has 17 heavy (non-hydrogen) atoms. The number of hydrogen-bond acceptors (Lipinski definition) is 4. The Morgan fingerprint density at radius 2 is 2.24 bits per heavy atom. The maximum Gasteiger partial charge on any atom is 0.156 e. The van der Waals surface area contributed by atoms with E-state index in [4.69, 9.17) is 4.74 Å². The summed E-state index contributed by atoms with van der Waals surface area (Å²) in [5.41, 5.74) is 2.14. The number of benzene rings is 1. The van der Waals surface area contributed by atoms with Gasteiger partial charge in [-0.3, -0.25) is 0 Å². The van der Waals surface area contributed by atoms with Gasteiger partial charge < -0.3 is 10.1 Å². The van der Waals surface area contributed by atoms with Crippen LogP contribution in [-0.4, -0.2) is 32.1 Å². The number of rotatable bonds is 1. The van der Waals surface area contributed by atoms with E-state index >= 15 is 0 Å². The molecule has 4 nitrogen and oxygen atoms in total. The molecule has 0 saturated carbocycles. The molecule has 0 amide bonds. The molecule has 1 saturated heterocycles. The second kappa shape index (κ2) is 3.63. The van der Waals surface area contributed by atoms with Crippen molar-refractivity contribution >= 4 is 15.5 Å². The maximum absolute atomic E-state index is 11.6. The molecule has 0 bridgehead atoms. The number of fused-ring (bicyclic) bond motifs is 2. The Morgan fingerprint density at radius 3 is 3.00 bits per heavy atom. The Bertz CT molecular complexity index is 553. The fraction of sp³-hybridized carbons (Fsp3) is 0.500. The predicted molar refractivity (Wildman–Crippen MR) is 66.3 cm³/mol. The van der Waals surface area contributed by atoms with Gasteiger partial charge in [-0.1, -0.05) is 13.0 Å². The van der Waals surface area contributed by atoms with Gasteiger partial charge >= 0.3 is 0 Å². The largest absolute Gasteiger partial charge is 0.485 e. The molecule has 2 unspecified atom stereocenters. The molecule has 2 atom stereocenters. The Morgan fingerprint density at radius 1 is 1.41 bits per heavy atom. The molecular formula is C12H15NO3S. The zero-order valence-corrected chi connectivity index (χ0v) is 10.5. The lowest BCUT2D eigenvalue weighted by molar-refractivity contribution is 0.206. The summed E-state index contributed by atoms with van der Waals surface area (Å²) in [5.74, 6) is 1.06. The van der Waals surface area contributed by atoms with Gasteiger partial charge in [0, 0.05) is 0 Å². The summed E-state index contributed by atoms with van der Waals surface area (Å²) in [6.45, 7) is 2.09. The number of aryl methyl sites for hydroxylation is 1. The van der Waals surface area contributed by atoms with Crippen LogP contribution in [0.1, 0.15) is 12.5 Å². The smallest absolute Gasteiger partial charge is 0.156 e. The second-order valence-electron chi connectivity index (χ2n) is 4.67. The van der Waals surface area contributed by atoms with E-state index in [0.29, 0.717) is 0 Å². The highest BCUT2D eigenvalue weighted by Crippen LogP contribution is 2.35. The highest BCUT2D eigenvalue weighted by atomic mass is 32.2. The van der Waals surface area contributed by atoms with E-state index in [9.17, 15) is 8.42 Å². The highest BCUT2D eigenvalue weighted by molar-refractivity contribution is 7.91. The van der Waals surface area contributed by atoms with E-state index in [2.05, 4.69) is 12.2 Å². The minimum absolute atomic E-state index is 0.0976. The molecule has 5 heteroatoms. The van der Waals surface area contributed by atoms with Crippen molar-refractivity contribution in [3.8, 4) is 5.75 Å². The van der Waals surface area contributed by atoms with Crippen LogP contribution >= 0.6 is 0 Å². The van der Waals surface area contributed by atoms with Crippen LogP contribution in [0.3, 0.4) is 0 Å². The van der Waals surface area contributed by atoms with Crippen molar-refractivity contribution in [2.75, 3.05) is 16.8 Å². The van der Waals surface area contributed by atoms with Crippen molar-refractivity contribution < 1.29 is 13.2 Å². The lowest BCUT2D eigenvalue weighted by Crippen LogP contribution is -2.40. The molecule has 1 fully saturated rings. The summed E-state index contributed by atoms with van der Waals surface area (Å²) in [5, 5.41) is 3.29. The van der Waals surface area contributed by atoms with Crippen LogP contribution in [0.4, 0.5) is 5.69 Å². The van der Waals surface area contributed by atoms with Gasteiger partial charge in [0.05, 0.1) is 23.2 Å². The fourth-order valence-electron chi connectivity index (χ4n) is 2.44. The van der Waals surface area contributed by atoms with Crippen LogP contribution in [0.2, 0.25) is 0 Å². The van der Waals surface area contributed by atoms with Crippen LogP contribution in [0, 0.1) is 0 Å². The quantitative estimate of drug-likeness (QED) is 0.817. The first-order chi connectivity index (χ1) is 8.07. The molecule has 2 heterocycles. The summed E-state index contributed by atoms with van der Waals surface area (Å²) >= 11 is 0. The van der Waals surface area contributed by atoms with Gasteiger partial charge in [0.1, 0.15) is 11.9 Å². The van der Waals surface area contributed by atoms with E-state index in [1.54, 1.807) is 0 Å². The summed E-state index contributed by atoms with van der Waals surface area (Å²) in [6.07, 6.45) is 0.724. The van der Waals surface area contributed by atoms with Crippen molar-refractivity contribution in [3.05, 3.63) is 23.8 Å². The summed E-state index contributed by atoms with van der Waals surface area (Å²) < 4.78 is 28.9. The SMILES string of the molecule is CCc1ccc2c(c1)NC1CS(=O)(=O)CC1O2. The van der Waals surface area contributed by atoms with E-state index < -0.39 is 9.84 Å². The third-order valence-electron chi connectivity index (χ3n) is 3.37. The average Bonchev–Trinajstić information content (AvgIpc) is 2.57. The lowest BCUT2D eigenvalue weighted by Gasteiger charge is -2.29. The highest BCUT2D eigenvalue weighted by Gasteiger charge is 2.42. The molecule has 0 radical (unpaired) electrons. The number of ether oxygens (including phenoxy) is 1. The number of nitrogens with one attached hydrogen (secondary N) is 1. The third kappa shape index (κ3) is 1.88. The second-order valence-corrected chi connectivity index (χ2v) is 6.82. The van der Waals surface area contributed by atoms with Gasteiger partial charge in [0.15, 0.2) is 9.84 Å². The first-order valence-corrected chi connectivity index (χ1v) is 7.66. The van der Waals surface area contributed by atoms with Crippen LogP contribution in [0.25, 0.3) is 0 Å². The van der Waals surface area contributed by atoms with Crippen LogP contribution < -0.4 is 10.1 Å². The van der Waals surface area contributed by atoms with Crippen molar-refractivity contribution in [3.63, 3.8) is 0 Å². The molecule has 1 aromatic rings. The van der Waals surface area contributed by atoms with Crippen LogP contribution in [0.5, 0.6) is 5.75 Å². The number of anilines is 1. The Kier molecular flexibility index (Phi) is 2.33. The van der Waals surface area contributed by atoms with Crippen LogP contribution in [0.15, 0.2) is 18.2 Å². The normalized spacial score (nSPS) is 28.8. The molecule has 0 spiro atoms. The summed E-state index contributed by atoms with van der Waals surface area (Å²) in [6, 6.07) is 5.88.